The van der Waals surface area contributed by atoms with Crippen molar-refractivity contribution in [2.75, 3.05) is 5.75 Å². The topological polar surface area (TPSA) is 46.1 Å². The summed E-state index contributed by atoms with van der Waals surface area (Å²) in [6.07, 6.45) is 10.4. The van der Waals surface area contributed by atoms with E-state index in [1.807, 2.05) is 0 Å². The van der Waals surface area contributed by atoms with E-state index in [1.165, 1.54) is 12.8 Å². The summed E-state index contributed by atoms with van der Waals surface area (Å²) in [5, 5.41) is 0. The van der Waals surface area contributed by atoms with Gasteiger partial charge in [0.25, 0.3) is 0 Å². The third-order valence-electron chi connectivity index (χ3n) is 2.50. The molecule has 0 radical (unpaired) electrons. The number of hydrogen-bond donors (Lipinski definition) is 1. The van der Waals surface area contributed by atoms with E-state index >= 15 is 0 Å². The fraction of sp³-hybridized carbons (Fsp3) is 0.727. The molecule has 92 valence electrons. The van der Waals surface area contributed by atoms with Crippen LogP contribution in [0.3, 0.4) is 0 Å². The number of unbranched alkanes of at least 4 members (excludes halogenated alkanes) is 2. The number of imidazole rings is 1. The minimum Gasteiger partial charge on any atom is -0.306 e. The van der Waals surface area contributed by atoms with Crippen LogP contribution in [0.25, 0.3) is 0 Å². The molecule has 0 aliphatic rings. The summed E-state index contributed by atoms with van der Waals surface area (Å²) in [6.45, 7) is 4.19. The summed E-state index contributed by atoms with van der Waals surface area (Å²) in [5.41, 5.74) is 0. The molecule has 1 rings (SSSR count). The number of aromatic nitrogens is 2. The summed E-state index contributed by atoms with van der Waals surface area (Å²) in [7, 11) is 0. The van der Waals surface area contributed by atoms with E-state index in [-0.39, 0.29) is 0 Å². The third kappa shape index (κ3) is 5.42. The zero-order valence-corrected chi connectivity index (χ0v) is 10.7. The van der Waals surface area contributed by atoms with Crippen molar-refractivity contribution >= 4 is 11.1 Å². The number of rotatable bonds is 8. The Morgan fingerprint density at radius 2 is 2.19 bits per heavy atom. The smallest absolute Gasteiger partial charge is 0.243 e. The van der Waals surface area contributed by atoms with Crippen LogP contribution in [-0.4, -0.2) is 19.1 Å². The first-order valence-corrected chi connectivity index (χ1v) is 7.12. The van der Waals surface area contributed by atoms with Gasteiger partial charge in [0.1, 0.15) is 12.4 Å². The molecule has 0 spiro atoms. The summed E-state index contributed by atoms with van der Waals surface area (Å²) in [6, 6.07) is 0. The lowest BCUT2D eigenvalue weighted by atomic mass is 10.3. The second-order valence-corrected chi connectivity index (χ2v) is 5.03. The predicted octanol–water partition coefficient (Wildman–Crippen LogP) is 1.58. The van der Waals surface area contributed by atoms with Crippen LogP contribution in [0.15, 0.2) is 18.7 Å². The predicted molar refractivity (Wildman–Crippen MR) is 64.4 cm³/mol. The Morgan fingerprint density at radius 1 is 1.38 bits per heavy atom. The van der Waals surface area contributed by atoms with Gasteiger partial charge < -0.3 is 4.55 Å². The maximum atomic E-state index is 10.4. The fourth-order valence-electron chi connectivity index (χ4n) is 1.56. The standard InChI is InChI=1S/C11H20N2O2S/c1-2-3-6-12-8-9-13(11-12)7-4-5-10-16(14)15/h8-9,11H,2-7,10H2,1H3/p+1. The molecule has 0 bridgehead atoms. The van der Waals surface area contributed by atoms with E-state index in [4.69, 9.17) is 4.55 Å². The quantitative estimate of drug-likeness (QED) is 0.429. The maximum Gasteiger partial charge on any atom is 0.243 e. The van der Waals surface area contributed by atoms with Gasteiger partial charge in [0.05, 0.1) is 13.1 Å². The number of nitrogens with zero attached hydrogens (tertiary/aromatic N) is 2. The molecule has 0 amide bonds. The first kappa shape index (κ1) is 13.4. The Morgan fingerprint density at radius 3 is 2.88 bits per heavy atom. The van der Waals surface area contributed by atoms with Gasteiger partial charge in [0.15, 0.2) is 11.1 Å². The molecule has 5 heteroatoms. The number of hydrogen-bond acceptors (Lipinski definition) is 1. The third-order valence-corrected chi connectivity index (χ3v) is 3.14. The summed E-state index contributed by atoms with van der Waals surface area (Å²) < 4.78 is 23.4. The SMILES string of the molecule is CCCCn1cc[n+](CCCCS(=O)O)c1. The van der Waals surface area contributed by atoms with E-state index < -0.39 is 11.1 Å². The molecular formula is C11H21N2O2S+. The molecule has 1 unspecified atom stereocenters. The second kappa shape index (κ2) is 7.57. The normalized spacial score (nSPS) is 12.9. The van der Waals surface area contributed by atoms with Crippen LogP contribution >= 0.6 is 0 Å². The van der Waals surface area contributed by atoms with Gasteiger partial charge in [-0.3, -0.25) is 0 Å². The minimum atomic E-state index is -1.64. The lowest BCUT2D eigenvalue weighted by Crippen LogP contribution is -2.31. The van der Waals surface area contributed by atoms with E-state index in [1.54, 1.807) is 0 Å². The molecule has 16 heavy (non-hydrogen) atoms. The maximum absolute atomic E-state index is 10.4. The van der Waals surface area contributed by atoms with Crippen LogP contribution in [0.4, 0.5) is 0 Å². The van der Waals surface area contributed by atoms with Gasteiger partial charge in [0.2, 0.25) is 6.33 Å². The van der Waals surface area contributed by atoms with Crippen molar-refractivity contribution in [3.63, 3.8) is 0 Å². The molecule has 4 nitrogen and oxygen atoms in total. The van der Waals surface area contributed by atoms with Gasteiger partial charge in [-0.05, 0) is 19.3 Å². The van der Waals surface area contributed by atoms with Crippen molar-refractivity contribution < 1.29 is 13.3 Å². The molecule has 1 aromatic heterocycles. The van der Waals surface area contributed by atoms with E-state index in [0.717, 1.165) is 25.9 Å². The van der Waals surface area contributed by atoms with Gasteiger partial charge in [-0.15, -0.1) is 0 Å². The van der Waals surface area contributed by atoms with E-state index in [2.05, 4.69) is 34.8 Å². The molecule has 0 aliphatic heterocycles. The molecular weight excluding hydrogens is 224 g/mol. The largest absolute Gasteiger partial charge is 0.306 e. The zero-order valence-electron chi connectivity index (χ0n) is 9.84. The molecule has 0 aromatic carbocycles. The van der Waals surface area contributed by atoms with Crippen LogP contribution in [-0.2, 0) is 24.2 Å². The summed E-state index contributed by atoms with van der Waals surface area (Å²) >= 11 is -1.64. The van der Waals surface area contributed by atoms with Crippen LogP contribution in [0.5, 0.6) is 0 Å². The molecule has 1 heterocycles. The van der Waals surface area contributed by atoms with Crippen molar-refractivity contribution in [1.29, 1.82) is 0 Å². The van der Waals surface area contributed by atoms with Gasteiger partial charge in [-0.25, -0.2) is 13.3 Å². The van der Waals surface area contributed by atoms with Crippen molar-refractivity contribution in [3.05, 3.63) is 18.7 Å². The monoisotopic (exact) mass is 245 g/mol. The Bertz CT molecular complexity index is 326. The van der Waals surface area contributed by atoms with Crippen LogP contribution < -0.4 is 4.57 Å². The Labute approximate surface area is 99.6 Å². The second-order valence-electron chi connectivity index (χ2n) is 3.98. The van der Waals surface area contributed by atoms with Crippen molar-refractivity contribution in [2.45, 2.75) is 45.7 Å². The molecule has 0 saturated carbocycles. The summed E-state index contributed by atoms with van der Waals surface area (Å²) in [4.78, 5) is 0. The van der Waals surface area contributed by atoms with Crippen LogP contribution in [0.1, 0.15) is 32.6 Å². The minimum absolute atomic E-state index is 0.386. The molecule has 0 aliphatic carbocycles. The van der Waals surface area contributed by atoms with Crippen molar-refractivity contribution in [1.82, 2.24) is 4.57 Å². The lowest BCUT2D eigenvalue weighted by molar-refractivity contribution is -0.696. The Kier molecular flexibility index (Phi) is 6.33. The fourth-order valence-corrected chi connectivity index (χ4v) is 2.01. The highest BCUT2D eigenvalue weighted by Gasteiger charge is 2.03. The molecule has 1 aromatic rings. The Hall–Kier alpha value is -0.680. The molecule has 1 atom stereocenters. The zero-order chi connectivity index (χ0) is 11.8. The lowest BCUT2D eigenvalue weighted by Gasteiger charge is -1.96. The van der Waals surface area contributed by atoms with Crippen molar-refractivity contribution in [3.8, 4) is 0 Å². The first-order valence-electron chi connectivity index (χ1n) is 5.84. The Balaban J connectivity index is 2.21. The average molecular weight is 245 g/mol. The number of aryl methyl sites for hydroxylation is 2. The molecule has 0 fully saturated rings. The van der Waals surface area contributed by atoms with Crippen LogP contribution in [0.2, 0.25) is 0 Å². The highest BCUT2D eigenvalue weighted by Crippen LogP contribution is 1.95. The van der Waals surface area contributed by atoms with Crippen LogP contribution in [0, 0.1) is 0 Å². The average Bonchev–Trinajstić information content (AvgIpc) is 2.69. The molecule has 0 saturated heterocycles. The highest BCUT2D eigenvalue weighted by atomic mass is 32.2. The van der Waals surface area contributed by atoms with Gasteiger partial charge in [-0.2, -0.15) is 0 Å². The van der Waals surface area contributed by atoms with Gasteiger partial charge >= 0.3 is 0 Å². The van der Waals surface area contributed by atoms with E-state index in [9.17, 15) is 4.21 Å². The summed E-state index contributed by atoms with van der Waals surface area (Å²) in [5.74, 6) is 0.386. The highest BCUT2D eigenvalue weighted by molar-refractivity contribution is 7.79. The van der Waals surface area contributed by atoms with Gasteiger partial charge in [0, 0.05) is 5.75 Å². The molecule has 1 N–H and O–H groups in total. The van der Waals surface area contributed by atoms with E-state index in [0.29, 0.717) is 5.75 Å². The first-order chi connectivity index (χ1) is 7.72. The van der Waals surface area contributed by atoms with Crippen molar-refractivity contribution in [2.24, 2.45) is 0 Å². The van der Waals surface area contributed by atoms with Gasteiger partial charge in [-0.1, -0.05) is 13.3 Å².